The van der Waals surface area contributed by atoms with Gasteiger partial charge in [0.15, 0.2) is 5.75 Å². The molecule has 1 rings (SSSR count). The molecule has 0 radical (unpaired) electrons. The van der Waals surface area contributed by atoms with Crippen LogP contribution in [-0.2, 0) is 12.1 Å². The standard InChI is InChI=1S/C11H20N2O2/c1-6-13-10(9(15-5)7-12-13)11(4,14)8(2)3/h7-8,14H,6H2,1-5H3. The predicted octanol–water partition coefficient (Wildman–Crippen LogP) is 1.78. The Hall–Kier alpha value is -1.03. The summed E-state index contributed by atoms with van der Waals surface area (Å²) in [5.41, 5.74) is -0.166. The Bertz CT molecular complexity index is 308. The van der Waals surface area contributed by atoms with Crippen LogP contribution in [0.1, 0.15) is 33.4 Å². The van der Waals surface area contributed by atoms with Crippen molar-refractivity contribution in [2.75, 3.05) is 7.11 Å². The number of aromatic nitrogens is 2. The zero-order chi connectivity index (χ0) is 11.6. The number of methoxy groups -OCH3 is 1. The van der Waals surface area contributed by atoms with Gasteiger partial charge in [0, 0.05) is 6.54 Å². The molecule has 0 saturated heterocycles. The topological polar surface area (TPSA) is 47.3 Å². The van der Waals surface area contributed by atoms with E-state index in [2.05, 4.69) is 5.10 Å². The molecule has 1 heterocycles. The Morgan fingerprint density at radius 3 is 2.60 bits per heavy atom. The molecule has 0 bridgehead atoms. The minimum Gasteiger partial charge on any atom is -0.493 e. The molecule has 1 aromatic heterocycles. The van der Waals surface area contributed by atoms with Crippen molar-refractivity contribution < 1.29 is 9.84 Å². The zero-order valence-corrected chi connectivity index (χ0v) is 10.1. The second-order valence-corrected chi connectivity index (χ2v) is 4.18. The maximum absolute atomic E-state index is 10.4. The van der Waals surface area contributed by atoms with E-state index >= 15 is 0 Å². The minimum atomic E-state index is -0.919. The van der Waals surface area contributed by atoms with E-state index < -0.39 is 5.60 Å². The second kappa shape index (κ2) is 4.23. The summed E-state index contributed by atoms with van der Waals surface area (Å²) >= 11 is 0. The molecule has 0 saturated carbocycles. The third kappa shape index (κ3) is 2.00. The van der Waals surface area contributed by atoms with Gasteiger partial charge in [0.1, 0.15) is 11.3 Å². The highest BCUT2D eigenvalue weighted by Crippen LogP contribution is 2.35. The first-order valence-corrected chi connectivity index (χ1v) is 5.27. The highest BCUT2D eigenvalue weighted by molar-refractivity contribution is 5.30. The molecule has 4 heteroatoms. The van der Waals surface area contributed by atoms with E-state index in [1.807, 2.05) is 20.8 Å². The van der Waals surface area contributed by atoms with E-state index in [0.29, 0.717) is 5.75 Å². The van der Waals surface area contributed by atoms with E-state index in [4.69, 9.17) is 4.74 Å². The van der Waals surface area contributed by atoms with Gasteiger partial charge in [-0.15, -0.1) is 0 Å². The van der Waals surface area contributed by atoms with Crippen LogP contribution in [0.15, 0.2) is 6.20 Å². The number of rotatable bonds is 4. The summed E-state index contributed by atoms with van der Waals surface area (Å²) in [6, 6.07) is 0. The van der Waals surface area contributed by atoms with Crippen molar-refractivity contribution in [3.63, 3.8) is 0 Å². The minimum absolute atomic E-state index is 0.105. The van der Waals surface area contributed by atoms with E-state index in [1.54, 1.807) is 24.9 Å². The Labute approximate surface area is 90.9 Å². The van der Waals surface area contributed by atoms with Crippen molar-refractivity contribution in [3.8, 4) is 5.75 Å². The fourth-order valence-corrected chi connectivity index (χ4v) is 1.54. The number of aliphatic hydroxyl groups is 1. The van der Waals surface area contributed by atoms with E-state index in [1.165, 1.54) is 0 Å². The lowest BCUT2D eigenvalue weighted by atomic mass is 9.88. The van der Waals surface area contributed by atoms with Crippen LogP contribution in [0.2, 0.25) is 0 Å². The van der Waals surface area contributed by atoms with Gasteiger partial charge < -0.3 is 9.84 Å². The third-order valence-corrected chi connectivity index (χ3v) is 2.93. The Kier molecular flexibility index (Phi) is 3.39. The van der Waals surface area contributed by atoms with Crippen molar-refractivity contribution in [1.82, 2.24) is 9.78 Å². The molecule has 0 amide bonds. The van der Waals surface area contributed by atoms with Gasteiger partial charge in [-0.05, 0) is 19.8 Å². The normalized spacial score (nSPS) is 15.4. The van der Waals surface area contributed by atoms with Crippen molar-refractivity contribution >= 4 is 0 Å². The maximum Gasteiger partial charge on any atom is 0.162 e. The SMILES string of the molecule is CCn1ncc(OC)c1C(C)(O)C(C)C. The van der Waals surface area contributed by atoms with E-state index in [-0.39, 0.29) is 5.92 Å². The van der Waals surface area contributed by atoms with Crippen molar-refractivity contribution in [3.05, 3.63) is 11.9 Å². The molecule has 0 aliphatic carbocycles. The average molecular weight is 212 g/mol. The molecule has 4 nitrogen and oxygen atoms in total. The summed E-state index contributed by atoms with van der Waals surface area (Å²) in [6.07, 6.45) is 1.65. The molecule has 0 aliphatic heterocycles. The maximum atomic E-state index is 10.4. The summed E-state index contributed by atoms with van der Waals surface area (Å²) in [4.78, 5) is 0. The first-order chi connectivity index (χ1) is 6.95. The molecule has 1 aromatic rings. The smallest absolute Gasteiger partial charge is 0.162 e. The molecule has 1 atom stereocenters. The number of hydrogen-bond acceptors (Lipinski definition) is 3. The van der Waals surface area contributed by atoms with E-state index in [9.17, 15) is 5.11 Å². The average Bonchev–Trinajstić information content (AvgIpc) is 2.60. The molecule has 0 spiro atoms. The van der Waals surface area contributed by atoms with Gasteiger partial charge in [0.05, 0.1) is 13.3 Å². The Morgan fingerprint density at radius 1 is 1.60 bits per heavy atom. The van der Waals surface area contributed by atoms with Gasteiger partial charge in [-0.3, -0.25) is 4.68 Å². The zero-order valence-electron chi connectivity index (χ0n) is 10.1. The van der Waals surface area contributed by atoms with Crippen LogP contribution >= 0.6 is 0 Å². The van der Waals surface area contributed by atoms with Crippen LogP contribution in [0.5, 0.6) is 5.75 Å². The van der Waals surface area contributed by atoms with Gasteiger partial charge in [0.25, 0.3) is 0 Å². The van der Waals surface area contributed by atoms with Crippen LogP contribution in [0.3, 0.4) is 0 Å². The number of nitrogens with zero attached hydrogens (tertiary/aromatic N) is 2. The number of aryl methyl sites for hydroxylation is 1. The molecule has 86 valence electrons. The molecule has 1 unspecified atom stereocenters. The van der Waals surface area contributed by atoms with Gasteiger partial charge in [-0.1, -0.05) is 13.8 Å². The van der Waals surface area contributed by atoms with Gasteiger partial charge in [-0.2, -0.15) is 5.10 Å². The molecular formula is C11H20N2O2. The lowest BCUT2D eigenvalue weighted by Gasteiger charge is -2.29. The van der Waals surface area contributed by atoms with Gasteiger partial charge in [0.2, 0.25) is 0 Å². The summed E-state index contributed by atoms with van der Waals surface area (Å²) in [6.45, 7) is 8.47. The largest absolute Gasteiger partial charge is 0.493 e. The van der Waals surface area contributed by atoms with Crippen LogP contribution in [-0.4, -0.2) is 22.0 Å². The van der Waals surface area contributed by atoms with Gasteiger partial charge >= 0.3 is 0 Å². The van der Waals surface area contributed by atoms with Crippen molar-refractivity contribution in [2.45, 2.75) is 39.8 Å². The first-order valence-electron chi connectivity index (χ1n) is 5.27. The monoisotopic (exact) mass is 212 g/mol. The molecule has 1 N–H and O–H groups in total. The summed E-state index contributed by atoms with van der Waals surface area (Å²) < 4.78 is 7.00. The number of hydrogen-bond donors (Lipinski definition) is 1. The Balaban J connectivity index is 3.26. The number of ether oxygens (including phenoxy) is 1. The lowest BCUT2D eigenvalue weighted by molar-refractivity contribution is -0.00145. The fraction of sp³-hybridized carbons (Fsp3) is 0.727. The van der Waals surface area contributed by atoms with Gasteiger partial charge in [-0.25, -0.2) is 0 Å². The molecular weight excluding hydrogens is 192 g/mol. The highest BCUT2D eigenvalue weighted by Gasteiger charge is 2.34. The summed E-state index contributed by atoms with van der Waals surface area (Å²) in [7, 11) is 1.59. The third-order valence-electron chi connectivity index (χ3n) is 2.93. The van der Waals surface area contributed by atoms with Crippen LogP contribution in [0.4, 0.5) is 0 Å². The quantitative estimate of drug-likeness (QED) is 0.827. The highest BCUT2D eigenvalue weighted by atomic mass is 16.5. The summed E-state index contributed by atoms with van der Waals surface area (Å²) in [5.74, 6) is 0.754. The lowest BCUT2D eigenvalue weighted by Crippen LogP contribution is -2.31. The van der Waals surface area contributed by atoms with E-state index in [0.717, 1.165) is 12.2 Å². The molecule has 0 aromatic carbocycles. The predicted molar refractivity (Wildman–Crippen MR) is 58.9 cm³/mol. The van der Waals surface area contributed by atoms with Crippen molar-refractivity contribution in [2.24, 2.45) is 5.92 Å². The fourth-order valence-electron chi connectivity index (χ4n) is 1.54. The van der Waals surface area contributed by atoms with Crippen LogP contribution in [0, 0.1) is 5.92 Å². The second-order valence-electron chi connectivity index (χ2n) is 4.18. The molecule has 0 fully saturated rings. The van der Waals surface area contributed by atoms with Crippen LogP contribution in [0.25, 0.3) is 0 Å². The van der Waals surface area contributed by atoms with Crippen LogP contribution < -0.4 is 4.74 Å². The Morgan fingerprint density at radius 2 is 2.20 bits per heavy atom. The molecule has 0 aliphatic rings. The van der Waals surface area contributed by atoms with Crippen molar-refractivity contribution in [1.29, 1.82) is 0 Å². The molecule has 15 heavy (non-hydrogen) atoms. The summed E-state index contributed by atoms with van der Waals surface area (Å²) in [5, 5.41) is 14.6. The first kappa shape index (κ1) is 12.0.